The number of benzene rings is 2. The normalized spacial score (nSPS) is 22.4. The Kier molecular flexibility index (Phi) is 5.64. The van der Waals surface area contributed by atoms with E-state index in [-0.39, 0.29) is 24.5 Å². The Balaban J connectivity index is 1.65. The highest BCUT2D eigenvalue weighted by atomic mass is 35.5. The topological polar surface area (TPSA) is 56.7 Å². The SMILES string of the molecule is O=C1CNC(=S)N1N=C1CC(c2ccc(Cl)cc2)NC(c2ccc(Cl)cc2)C1. The van der Waals surface area contributed by atoms with Crippen LogP contribution in [0.25, 0.3) is 0 Å². The van der Waals surface area contributed by atoms with Crippen LogP contribution in [0.4, 0.5) is 0 Å². The van der Waals surface area contributed by atoms with E-state index >= 15 is 0 Å². The van der Waals surface area contributed by atoms with Crippen LogP contribution in [0, 0.1) is 0 Å². The third-order valence-electron chi connectivity index (χ3n) is 4.89. The van der Waals surface area contributed by atoms with E-state index in [0.717, 1.165) is 16.8 Å². The third-order valence-corrected chi connectivity index (χ3v) is 5.71. The largest absolute Gasteiger partial charge is 0.352 e. The summed E-state index contributed by atoms with van der Waals surface area (Å²) in [4.78, 5) is 12.1. The van der Waals surface area contributed by atoms with Crippen molar-refractivity contribution in [1.29, 1.82) is 0 Å². The number of carbonyl (C=O) groups excluding carboxylic acids is 1. The highest BCUT2D eigenvalue weighted by Crippen LogP contribution is 2.32. The predicted molar refractivity (Wildman–Crippen MR) is 116 cm³/mol. The fourth-order valence-electron chi connectivity index (χ4n) is 3.47. The van der Waals surface area contributed by atoms with Crippen LogP contribution in [0.15, 0.2) is 53.6 Å². The maximum absolute atomic E-state index is 12.1. The molecule has 0 bridgehead atoms. The number of nitrogens with one attached hydrogen (secondary N) is 2. The maximum Gasteiger partial charge on any atom is 0.268 e. The van der Waals surface area contributed by atoms with E-state index in [1.807, 2.05) is 48.5 Å². The van der Waals surface area contributed by atoms with Crippen LogP contribution in [0.1, 0.15) is 36.1 Å². The summed E-state index contributed by atoms with van der Waals surface area (Å²) in [7, 11) is 0. The van der Waals surface area contributed by atoms with Crippen molar-refractivity contribution in [1.82, 2.24) is 15.6 Å². The van der Waals surface area contributed by atoms with Gasteiger partial charge in [-0.2, -0.15) is 10.1 Å². The van der Waals surface area contributed by atoms with Crippen molar-refractivity contribution in [2.24, 2.45) is 5.10 Å². The number of hydrazone groups is 1. The molecule has 2 unspecified atom stereocenters. The number of hydrogen-bond donors (Lipinski definition) is 2. The smallest absolute Gasteiger partial charge is 0.268 e. The Bertz CT molecular complexity index is 859. The van der Waals surface area contributed by atoms with Crippen molar-refractivity contribution >= 4 is 52.2 Å². The van der Waals surface area contributed by atoms with Crippen LogP contribution in [0.5, 0.6) is 0 Å². The van der Waals surface area contributed by atoms with Crippen molar-refractivity contribution in [2.45, 2.75) is 24.9 Å². The van der Waals surface area contributed by atoms with Gasteiger partial charge in [0.15, 0.2) is 5.11 Å². The summed E-state index contributed by atoms with van der Waals surface area (Å²) in [6, 6.07) is 15.6. The summed E-state index contributed by atoms with van der Waals surface area (Å²) >= 11 is 17.3. The standard InChI is InChI=1S/C20H18Cl2N4OS/c21-14-5-1-12(2-6-14)17-9-16(25-26-19(27)11-23-20(26)28)10-18(24-17)13-3-7-15(22)8-4-13/h1-8,17-18,24H,9-11H2,(H,23,28). The highest BCUT2D eigenvalue weighted by molar-refractivity contribution is 7.80. The lowest BCUT2D eigenvalue weighted by Crippen LogP contribution is -2.37. The Labute approximate surface area is 178 Å². The minimum atomic E-state index is -0.137. The fraction of sp³-hybridized carbons (Fsp3) is 0.250. The van der Waals surface area contributed by atoms with Crippen molar-refractivity contribution in [3.63, 3.8) is 0 Å². The molecule has 8 heteroatoms. The number of piperidine rings is 1. The van der Waals surface area contributed by atoms with Crippen LogP contribution in [0.3, 0.4) is 0 Å². The number of amides is 1. The van der Waals surface area contributed by atoms with Gasteiger partial charge in [-0.3, -0.25) is 4.79 Å². The molecule has 28 heavy (non-hydrogen) atoms. The van der Waals surface area contributed by atoms with Gasteiger partial charge in [0.1, 0.15) is 0 Å². The molecule has 0 aromatic heterocycles. The predicted octanol–water partition coefficient (Wildman–Crippen LogP) is 4.23. The number of thiocarbonyl (C=S) groups is 1. The zero-order valence-electron chi connectivity index (χ0n) is 14.9. The molecule has 2 heterocycles. The van der Waals surface area contributed by atoms with Gasteiger partial charge in [0.25, 0.3) is 5.91 Å². The molecule has 5 nitrogen and oxygen atoms in total. The van der Waals surface area contributed by atoms with E-state index in [4.69, 9.17) is 35.4 Å². The molecule has 2 aliphatic rings. The molecule has 2 aliphatic heterocycles. The van der Waals surface area contributed by atoms with Crippen LogP contribution in [-0.4, -0.2) is 28.3 Å². The zero-order valence-corrected chi connectivity index (χ0v) is 17.2. The third kappa shape index (κ3) is 4.20. The second-order valence-corrected chi connectivity index (χ2v) is 8.07. The Morgan fingerprint density at radius 3 is 1.86 bits per heavy atom. The minimum Gasteiger partial charge on any atom is -0.352 e. The van der Waals surface area contributed by atoms with Gasteiger partial charge in [-0.05, 0) is 47.6 Å². The molecule has 2 N–H and O–H groups in total. The average Bonchev–Trinajstić information content (AvgIpc) is 3.01. The van der Waals surface area contributed by atoms with E-state index in [0.29, 0.717) is 28.0 Å². The van der Waals surface area contributed by atoms with Crippen LogP contribution >= 0.6 is 35.4 Å². The number of hydrogen-bond acceptors (Lipinski definition) is 4. The molecule has 0 saturated carbocycles. The molecule has 0 spiro atoms. The lowest BCUT2D eigenvalue weighted by atomic mass is 9.89. The van der Waals surface area contributed by atoms with Crippen molar-refractivity contribution in [3.8, 4) is 0 Å². The van der Waals surface area contributed by atoms with Gasteiger partial charge in [0, 0.05) is 40.7 Å². The molecule has 4 rings (SSSR count). The first-order chi connectivity index (χ1) is 13.5. The zero-order chi connectivity index (χ0) is 19.7. The molecule has 0 aliphatic carbocycles. The monoisotopic (exact) mass is 432 g/mol. The first-order valence-electron chi connectivity index (χ1n) is 8.94. The summed E-state index contributed by atoms with van der Waals surface area (Å²) in [5, 5.41) is 14.2. The highest BCUT2D eigenvalue weighted by Gasteiger charge is 2.31. The van der Waals surface area contributed by atoms with Gasteiger partial charge in [0.05, 0.1) is 6.54 Å². The summed E-state index contributed by atoms with van der Waals surface area (Å²) in [5.41, 5.74) is 3.14. The Morgan fingerprint density at radius 2 is 1.43 bits per heavy atom. The van der Waals surface area contributed by atoms with Crippen LogP contribution in [-0.2, 0) is 4.79 Å². The number of carbonyl (C=O) groups is 1. The first-order valence-corrected chi connectivity index (χ1v) is 10.1. The van der Waals surface area contributed by atoms with E-state index in [1.165, 1.54) is 5.01 Å². The summed E-state index contributed by atoms with van der Waals surface area (Å²) < 4.78 is 0. The molecule has 2 saturated heterocycles. The lowest BCUT2D eigenvalue weighted by Gasteiger charge is -2.33. The van der Waals surface area contributed by atoms with E-state index in [1.54, 1.807) is 0 Å². The van der Waals surface area contributed by atoms with Gasteiger partial charge >= 0.3 is 0 Å². The molecule has 2 aromatic carbocycles. The molecule has 0 radical (unpaired) electrons. The van der Waals surface area contributed by atoms with Crippen molar-refractivity contribution in [2.75, 3.05) is 6.54 Å². The fourth-order valence-corrected chi connectivity index (χ4v) is 3.94. The molecular formula is C20H18Cl2N4OS. The number of halogens is 2. The second-order valence-electron chi connectivity index (χ2n) is 6.81. The van der Waals surface area contributed by atoms with Gasteiger partial charge in [-0.1, -0.05) is 47.5 Å². The first kappa shape index (κ1) is 19.3. The Morgan fingerprint density at radius 1 is 0.929 bits per heavy atom. The van der Waals surface area contributed by atoms with Crippen LogP contribution in [0.2, 0.25) is 10.0 Å². The molecule has 144 valence electrons. The minimum absolute atomic E-state index is 0.0460. The van der Waals surface area contributed by atoms with E-state index in [9.17, 15) is 4.79 Å². The van der Waals surface area contributed by atoms with Gasteiger partial charge in [0.2, 0.25) is 0 Å². The molecule has 2 atom stereocenters. The van der Waals surface area contributed by atoms with Gasteiger partial charge in [-0.25, -0.2) is 0 Å². The molecule has 2 aromatic rings. The summed E-state index contributed by atoms with van der Waals surface area (Å²) in [5.74, 6) is -0.137. The molecule has 2 fully saturated rings. The van der Waals surface area contributed by atoms with Gasteiger partial charge in [-0.15, -0.1) is 0 Å². The second kappa shape index (κ2) is 8.17. The molecular weight excluding hydrogens is 415 g/mol. The van der Waals surface area contributed by atoms with Gasteiger partial charge < -0.3 is 10.6 Å². The summed E-state index contributed by atoms with van der Waals surface area (Å²) in [6.45, 7) is 0.190. The molecule has 1 amide bonds. The lowest BCUT2D eigenvalue weighted by molar-refractivity contribution is -0.124. The maximum atomic E-state index is 12.1. The average molecular weight is 433 g/mol. The van der Waals surface area contributed by atoms with Crippen molar-refractivity contribution < 1.29 is 4.79 Å². The quantitative estimate of drug-likeness (QED) is 0.712. The van der Waals surface area contributed by atoms with Crippen LogP contribution < -0.4 is 10.6 Å². The Hall–Kier alpha value is -1.99. The summed E-state index contributed by atoms with van der Waals surface area (Å²) in [6.07, 6.45) is 1.36. The van der Waals surface area contributed by atoms with Crippen molar-refractivity contribution in [3.05, 3.63) is 69.7 Å². The van der Waals surface area contributed by atoms with E-state index in [2.05, 4.69) is 15.7 Å². The van der Waals surface area contributed by atoms with E-state index < -0.39 is 0 Å². The number of rotatable bonds is 3. The number of nitrogens with zero attached hydrogens (tertiary/aromatic N) is 2.